The number of hydrogen-bond acceptors (Lipinski definition) is 8. The Kier molecular flexibility index (Phi) is 7.49. The Bertz CT molecular complexity index is 584. The SMILES string of the molecule is CCOCC(=O)OCc1c(C(=O)NC)sc(N)c1C(=O)OCC. The molecule has 1 rings (SSSR count). The molecule has 0 aliphatic rings. The highest BCUT2D eigenvalue weighted by atomic mass is 32.1. The molecule has 1 heterocycles. The van der Waals surface area contributed by atoms with Crippen molar-refractivity contribution in [2.45, 2.75) is 20.5 Å². The Balaban J connectivity index is 3.06. The summed E-state index contributed by atoms with van der Waals surface area (Å²) in [5.41, 5.74) is 6.11. The van der Waals surface area contributed by atoms with Crippen LogP contribution >= 0.6 is 11.3 Å². The largest absolute Gasteiger partial charge is 0.462 e. The summed E-state index contributed by atoms with van der Waals surface area (Å²) in [7, 11) is 1.45. The summed E-state index contributed by atoms with van der Waals surface area (Å²) < 4.78 is 14.9. The molecule has 0 saturated heterocycles. The quantitative estimate of drug-likeness (QED) is 0.674. The lowest BCUT2D eigenvalue weighted by molar-refractivity contribution is -0.150. The lowest BCUT2D eigenvalue weighted by Crippen LogP contribution is -2.20. The minimum atomic E-state index is -0.660. The molecule has 0 aromatic carbocycles. The average molecular weight is 344 g/mol. The van der Waals surface area contributed by atoms with E-state index < -0.39 is 17.8 Å². The zero-order chi connectivity index (χ0) is 17.4. The molecule has 0 radical (unpaired) electrons. The van der Waals surface area contributed by atoms with Crippen molar-refractivity contribution in [1.82, 2.24) is 5.32 Å². The number of carbonyl (C=O) groups is 3. The van der Waals surface area contributed by atoms with Crippen molar-refractivity contribution in [3.8, 4) is 0 Å². The molecule has 1 amide bonds. The highest BCUT2D eigenvalue weighted by Crippen LogP contribution is 2.32. The van der Waals surface area contributed by atoms with E-state index in [0.29, 0.717) is 6.61 Å². The average Bonchev–Trinajstić information content (AvgIpc) is 2.86. The third-order valence-electron chi connectivity index (χ3n) is 2.75. The highest BCUT2D eigenvalue weighted by molar-refractivity contribution is 7.18. The summed E-state index contributed by atoms with van der Waals surface area (Å²) >= 11 is 0.940. The number of thiophene rings is 1. The van der Waals surface area contributed by atoms with Gasteiger partial charge in [0, 0.05) is 19.2 Å². The van der Waals surface area contributed by atoms with Crippen LogP contribution in [0, 0.1) is 0 Å². The number of rotatable bonds is 8. The second kappa shape index (κ2) is 9.11. The number of esters is 2. The van der Waals surface area contributed by atoms with E-state index in [4.69, 9.17) is 19.9 Å². The number of amides is 1. The molecule has 0 aliphatic carbocycles. The normalized spacial score (nSPS) is 10.2. The van der Waals surface area contributed by atoms with Gasteiger partial charge >= 0.3 is 11.9 Å². The van der Waals surface area contributed by atoms with Crippen molar-refractivity contribution in [3.05, 3.63) is 16.0 Å². The van der Waals surface area contributed by atoms with Crippen molar-refractivity contribution >= 4 is 34.2 Å². The van der Waals surface area contributed by atoms with Gasteiger partial charge in [-0.05, 0) is 13.8 Å². The lowest BCUT2D eigenvalue weighted by atomic mass is 10.1. The van der Waals surface area contributed by atoms with Crippen LogP contribution in [-0.4, -0.2) is 44.7 Å². The zero-order valence-corrected chi connectivity index (χ0v) is 14.1. The van der Waals surface area contributed by atoms with E-state index >= 15 is 0 Å². The summed E-state index contributed by atoms with van der Waals surface area (Å²) in [6.07, 6.45) is 0. The fraction of sp³-hybridized carbons (Fsp3) is 0.500. The Morgan fingerprint density at radius 1 is 1.17 bits per heavy atom. The predicted octanol–water partition coefficient (Wildman–Crippen LogP) is 0.946. The van der Waals surface area contributed by atoms with Crippen LogP contribution in [0.1, 0.15) is 39.4 Å². The molecule has 1 aromatic heterocycles. The van der Waals surface area contributed by atoms with Crippen molar-refractivity contribution in [3.63, 3.8) is 0 Å². The van der Waals surface area contributed by atoms with Gasteiger partial charge in [-0.25, -0.2) is 9.59 Å². The maximum atomic E-state index is 12.0. The molecule has 1 aromatic rings. The first-order chi connectivity index (χ1) is 11.0. The summed E-state index contributed by atoms with van der Waals surface area (Å²) in [6, 6.07) is 0. The summed E-state index contributed by atoms with van der Waals surface area (Å²) in [4.78, 5) is 35.7. The van der Waals surface area contributed by atoms with E-state index in [9.17, 15) is 14.4 Å². The van der Waals surface area contributed by atoms with Gasteiger partial charge in [0.2, 0.25) is 0 Å². The standard InChI is InChI=1S/C14H20N2O6S/c1-4-20-7-9(17)22-6-8-10(14(19)21-5-2)12(15)23-11(8)13(18)16-3/h4-7,15H2,1-3H3,(H,16,18). The number of nitrogens with two attached hydrogens (primary N) is 1. The third-order valence-corrected chi connectivity index (χ3v) is 3.81. The van der Waals surface area contributed by atoms with Crippen LogP contribution in [0.2, 0.25) is 0 Å². The number of hydrogen-bond donors (Lipinski definition) is 2. The molecule has 23 heavy (non-hydrogen) atoms. The van der Waals surface area contributed by atoms with Crippen LogP contribution in [0.5, 0.6) is 0 Å². The zero-order valence-electron chi connectivity index (χ0n) is 13.3. The number of carbonyl (C=O) groups excluding carboxylic acids is 3. The molecule has 0 atom stereocenters. The monoisotopic (exact) mass is 344 g/mol. The van der Waals surface area contributed by atoms with Gasteiger partial charge in [-0.15, -0.1) is 11.3 Å². The lowest BCUT2D eigenvalue weighted by Gasteiger charge is -2.08. The van der Waals surface area contributed by atoms with Crippen LogP contribution in [-0.2, 0) is 25.6 Å². The molecule has 0 unspecified atom stereocenters. The predicted molar refractivity (Wildman–Crippen MR) is 84.4 cm³/mol. The molecule has 0 bridgehead atoms. The van der Waals surface area contributed by atoms with Gasteiger partial charge in [0.05, 0.1) is 6.61 Å². The topological polar surface area (TPSA) is 117 Å². The van der Waals surface area contributed by atoms with Crippen LogP contribution in [0.25, 0.3) is 0 Å². The molecular formula is C14H20N2O6S. The van der Waals surface area contributed by atoms with Crippen molar-refractivity contribution in [1.29, 1.82) is 0 Å². The summed E-state index contributed by atoms with van der Waals surface area (Å²) in [6.45, 7) is 3.46. The fourth-order valence-electron chi connectivity index (χ4n) is 1.73. The van der Waals surface area contributed by atoms with E-state index in [1.807, 2.05) is 0 Å². The first-order valence-electron chi connectivity index (χ1n) is 6.99. The Labute approximate surface area is 137 Å². The molecule has 0 saturated carbocycles. The molecule has 3 N–H and O–H groups in total. The van der Waals surface area contributed by atoms with Crippen LogP contribution in [0.3, 0.4) is 0 Å². The highest BCUT2D eigenvalue weighted by Gasteiger charge is 2.27. The van der Waals surface area contributed by atoms with E-state index in [0.717, 1.165) is 11.3 Å². The summed E-state index contributed by atoms with van der Waals surface area (Å²) in [5.74, 6) is -1.69. The van der Waals surface area contributed by atoms with Crippen LogP contribution in [0.15, 0.2) is 0 Å². The number of nitrogen functional groups attached to an aromatic ring is 1. The minimum absolute atomic E-state index is 0.0552. The first-order valence-corrected chi connectivity index (χ1v) is 7.81. The maximum Gasteiger partial charge on any atom is 0.341 e. The molecular weight excluding hydrogens is 324 g/mol. The molecule has 8 nitrogen and oxygen atoms in total. The minimum Gasteiger partial charge on any atom is -0.462 e. The van der Waals surface area contributed by atoms with Crippen LogP contribution < -0.4 is 11.1 Å². The van der Waals surface area contributed by atoms with E-state index in [1.165, 1.54) is 7.05 Å². The van der Waals surface area contributed by atoms with Gasteiger partial charge in [-0.1, -0.05) is 0 Å². The van der Waals surface area contributed by atoms with Gasteiger partial charge in [0.15, 0.2) is 0 Å². The van der Waals surface area contributed by atoms with Gasteiger partial charge in [0.25, 0.3) is 5.91 Å². The Morgan fingerprint density at radius 2 is 1.87 bits per heavy atom. The van der Waals surface area contributed by atoms with Gasteiger partial charge in [-0.2, -0.15) is 0 Å². The first kappa shape index (κ1) is 18.9. The fourth-order valence-corrected chi connectivity index (χ4v) is 2.73. The third kappa shape index (κ3) is 4.93. The molecule has 128 valence electrons. The number of ether oxygens (including phenoxy) is 3. The second-order valence-electron chi connectivity index (χ2n) is 4.25. The molecule has 0 aliphatic heterocycles. The van der Waals surface area contributed by atoms with Gasteiger partial charge in [-0.3, -0.25) is 4.79 Å². The Morgan fingerprint density at radius 3 is 2.43 bits per heavy atom. The smallest absolute Gasteiger partial charge is 0.341 e. The molecule has 0 spiro atoms. The molecule has 9 heteroatoms. The number of anilines is 1. The number of nitrogens with one attached hydrogen (secondary N) is 1. The molecule has 0 fully saturated rings. The van der Waals surface area contributed by atoms with Gasteiger partial charge < -0.3 is 25.3 Å². The van der Waals surface area contributed by atoms with E-state index in [-0.39, 0.29) is 40.8 Å². The van der Waals surface area contributed by atoms with Crippen molar-refractivity contribution in [2.75, 3.05) is 32.6 Å². The van der Waals surface area contributed by atoms with E-state index in [1.54, 1.807) is 13.8 Å². The van der Waals surface area contributed by atoms with Crippen molar-refractivity contribution < 1.29 is 28.6 Å². The van der Waals surface area contributed by atoms with Crippen molar-refractivity contribution in [2.24, 2.45) is 0 Å². The second-order valence-corrected chi connectivity index (χ2v) is 5.30. The van der Waals surface area contributed by atoms with E-state index in [2.05, 4.69) is 5.32 Å². The summed E-state index contributed by atoms with van der Waals surface area (Å²) in [5, 5.41) is 2.59. The van der Waals surface area contributed by atoms with Crippen LogP contribution in [0.4, 0.5) is 5.00 Å². The maximum absolute atomic E-state index is 12.0. The van der Waals surface area contributed by atoms with Gasteiger partial charge in [0.1, 0.15) is 28.7 Å². The Hall–Kier alpha value is -2.13.